The molecule has 0 aliphatic carbocycles. The molecule has 2 rings (SSSR count). The normalized spacial score (nSPS) is 9.86. The Hall–Kier alpha value is -2.97. The molecule has 0 fully saturated rings. The first-order valence-corrected chi connectivity index (χ1v) is 9.23. The van der Waals surface area contributed by atoms with Crippen molar-refractivity contribution >= 4 is 29.8 Å². The Morgan fingerprint density at radius 2 is 1.86 bits per heavy atom. The molecule has 0 bridgehead atoms. The standard InChI is InChI=1S/C23H28N4O.ClH/c1-16(2)27(5)23(28)21-12-11-18(14-17(21)3)8-7-13-26(4)20-10-6-9-19(15-20)22(24)25;/h6,9-12,14-16H,13H2,1-5H3,(H3,24,25);1H. The second kappa shape index (κ2) is 10.5. The number of nitrogens with two attached hydrogens (primary N) is 1. The molecule has 0 saturated carbocycles. The van der Waals surface area contributed by atoms with Gasteiger partial charge in [-0.05, 0) is 56.7 Å². The van der Waals surface area contributed by atoms with Crippen molar-refractivity contribution in [3.05, 3.63) is 64.7 Å². The van der Waals surface area contributed by atoms with Crippen LogP contribution in [0, 0.1) is 24.2 Å². The first-order chi connectivity index (χ1) is 13.2. The van der Waals surface area contributed by atoms with Gasteiger partial charge >= 0.3 is 0 Å². The first kappa shape index (κ1) is 24.1. The molecule has 0 aromatic heterocycles. The van der Waals surface area contributed by atoms with Gasteiger partial charge in [-0.2, -0.15) is 0 Å². The maximum atomic E-state index is 12.5. The highest BCUT2D eigenvalue weighted by Gasteiger charge is 2.16. The van der Waals surface area contributed by atoms with Crippen LogP contribution >= 0.6 is 12.4 Å². The monoisotopic (exact) mass is 412 g/mol. The fourth-order valence-corrected chi connectivity index (χ4v) is 2.67. The largest absolute Gasteiger partial charge is 0.384 e. The van der Waals surface area contributed by atoms with Gasteiger partial charge in [-0.3, -0.25) is 10.2 Å². The van der Waals surface area contributed by atoms with Gasteiger partial charge in [0.2, 0.25) is 0 Å². The first-order valence-electron chi connectivity index (χ1n) is 9.23. The number of nitrogens with one attached hydrogen (secondary N) is 1. The number of carbonyl (C=O) groups is 1. The minimum absolute atomic E-state index is 0. The molecule has 5 nitrogen and oxygen atoms in total. The van der Waals surface area contributed by atoms with Crippen molar-refractivity contribution in [1.82, 2.24) is 4.90 Å². The predicted molar refractivity (Wildman–Crippen MR) is 123 cm³/mol. The van der Waals surface area contributed by atoms with E-state index < -0.39 is 0 Å². The summed E-state index contributed by atoms with van der Waals surface area (Å²) in [4.78, 5) is 16.2. The summed E-state index contributed by atoms with van der Waals surface area (Å²) < 4.78 is 0. The van der Waals surface area contributed by atoms with Gasteiger partial charge < -0.3 is 15.5 Å². The van der Waals surface area contributed by atoms with E-state index in [9.17, 15) is 4.79 Å². The molecular formula is C23H29ClN4O. The maximum Gasteiger partial charge on any atom is 0.254 e. The summed E-state index contributed by atoms with van der Waals surface area (Å²) in [6.45, 7) is 6.47. The molecule has 29 heavy (non-hydrogen) atoms. The zero-order chi connectivity index (χ0) is 20.8. The van der Waals surface area contributed by atoms with Gasteiger partial charge in [0.15, 0.2) is 0 Å². The number of halogens is 1. The van der Waals surface area contributed by atoms with Crippen molar-refractivity contribution < 1.29 is 4.79 Å². The van der Waals surface area contributed by atoms with Gasteiger partial charge in [-0.15, -0.1) is 12.4 Å². The summed E-state index contributed by atoms with van der Waals surface area (Å²) in [6.07, 6.45) is 0. The van der Waals surface area contributed by atoms with E-state index in [2.05, 4.69) is 11.8 Å². The van der Waals surface area contributed by atoms with Crippen LogP contribution in [0.2, 0.25) is 0 Å². The van der Waals surface area contributed by atoms with Gasteiger partial charge in [0.05, 0.1) is 6.54 Å². The van der Waals surface area contributed by atoms with Gasteiger partial charge in [-0.25, -0.2) is 0 Å². The number of hydrogen-bond donors (Lipinski definition) is 2. The number of nitrogens with zero attached hydrogens (tertiary/aromatic N) is 2. The number of amidine groups is 1. The van der Waals surface area contributed by atoms with Crippen molar-refractivity contribution in [3.8, 4) is 11.8 Å². The third-order valence-corrected chi connectivity index (χ3v) is 4.70. The Labute approximate surface area is 179 Å². The Balaban J connectivity index is 0.00000420. The molecule has 0 radical (unpaired) electrons. The SMILES string of the molecule is Cc1cc(C#CCN(C)c2cccc(C(=N)N)c2)ccc1C(=O)N(C)C(C)C.Cl. The molecule has 2 aromatic rings. The van der Waals surface area contributed by atoms with Crippen molar-refractivity contribution in [1.29, 1.82) is 5.41 Å². The zero-order valence-corrected chi connectivity index (χ0v) is 18.4. The van der Waals surface area contributed by atoms with Crippen LogP contribution in [0.5, 0.6) is 0 Å². The average molecular weight is 413 g/mol. The summed E-state index contributed by atoms with van der Waals surface area (Å²) >= 11 is 0. The molecule has 0 saturated heterocycles. The molecule has 0 atom stereocenters. The molecule has 0 spiro atoms. The van der Waals surface area contributed by atoms with Crippen LogP contribution in [0.25, 0.3) is 0 Å². The second-order valence-electron chi connectivity index (χ2n) is 7.16. The van der Waals surface area contributed by atoms with Gasteiger partial charge in [0, 0.05) is 42.5 Å². The number of nitrogen functional groups attached to an aromatic ring is 1. The minimum atomic E-state index is 0. The van der Waals surface area contributed by atoms with E-state index in [1.165, 1.54) is 0 Å². The number of rotatable bonds is 5. The van der Waals surface area contributed by atoms with Crippen LogP contribution in [0.15, 0.2) is 42.5 Å². The lowest BCUT2D eigenvalue weighted by atomic mass is 10.0. The van der Waals surface area contributed by atoms with Crippen molar-refractivity contribution in [2.45, 2.75) is 26.8 Å². The molecular weight excluding hydrogens is 384 g/mol. The third-order valence-electron chi connectivity index (χ3n) is 4.70. The predicted octanol–water partition coefficient (Wildman–Crippen LogP) is 3.67. The highest BCUT2D eigenvalue weighted by atomic mass is 35.5. The quantitative estimate of drug-likeness (QED) is 0.447. The lowest BCUT2D eigenvalue weighted by Gasteiger charge is -2.22. The molecule has 0 aliphatic heterocycles. The Kier molecular flexibility index (Phi) is 8.75. The topological polar surface area (TPSA) is 73.4 Å². The molecule has 3 N–H and O–H groups in total. The van der Waals surface area contributed by atoms with E-state index >= 15 is 0 Å². The summed E-state index contributed by atoms with van der Waals surface area (Å²) in [5.41, 5.74) is 9.71. The van der Waals surface area contributed by atoms with Crippen LogP contribution in [0.1, 0.15) is 40.9 Å². The Morgan fingerprint density at radius 1 is 1.17 bits per heavy atom. The highest BCUT2D eigenvalue weighted by molar-refractivity contribution is 5.96. The number of benzene rings is 2. The van der Waals surface area contributed by atoms with Crippen LogP contribution in [0.3, 0.4) is 0 Å². The van der Waals surface area contributed by atoms with E-state index in [0.717, 1.165) is 16.8 Å². The van der Waals surface area contributed by atoms with Crippen molar-refractivity contribution in [2.75, 3.05) is 25.5 Å². The summed E-state index contributed by atoms with van der Waals surface area (Å²) in [5, 5.41) is 7.55. The average Bonchev–Trinajstić information content (AvgIpc) is 2.66. The van der Waals surface area contributed by atoms with Crippen LogP contribution < -0.4 is 10.6 Å². The summed E-state index contributed by atoms with van der Waals surface area (Å²) in [6, 6.07) is 13.4. The Morgan fingerprint density at radius 3 is 2.45 bits per heavy atom. The van der Waals surface area contributed by atoms with E-state index in [1.54, 1.807) is 4.90 Å². The maximum absolute atomic E-state index is 12.5. The number of aryl methyl sites for hydroxylation is 1. The second-order valence-corrected chi connectivity index (χ2v) is 7.16. The smallest absolute Gasteiger partial charge is 0.254 e. The molecule has 154 valence electrons. The molecule has 0 heterocycles. The van der Waals surface area contributed by atoms with E-state index in [-0.39, 0.29) is 30.2 Å². The van der Waals surface area contributed by atoms with E-state index in [0.29, 0.717) is 17.7 Å². The Bertz CT molecular complexity index is 943. The van der Waals surface area contributed by atoms with Gasteiger partial charge in [0.1, 0.15) is 5.84 Å². The van der Waals surface area contributed by atoms with Crippen LogP contribution in [0.4, 0.5) is 5.69 Å². The molecule has 6 heteroatoms. The number of carbonyl (C=O) groups excluding carboxylic acids is 1. The third kappa shape index (κ3) is 6.27. The fraction of sp³-hybridized carbons (Fsp3) is 0.304. The lowest BCUT2D eigenvalue weighted by Crippen LogP contribution is -2.33. The van der Waals surface area contributed by atoms with Gasteiger partial charge in [-0.1, -0.05) is 24.0 Å². The summed E-state index contributed by atoms with van der Waals surface area (Å²) in [5.74, 6) is 6.39. The highest BCUT2D eigenvalue weighted by Crippen LogP contribution is 2.15. The van der Waals surface area contributed by atoms with Crippen LogP contribution in [-0.2, 0) is 0 Å². The van der Waals surface area contributed by atoms with E-state index in [4.69, 9.17) is 11.1 Å². The van der Waals surface area contributed by atoms with Crippen molar-refractivity contribution in [2.24, 2.45) is 5.73 Å². The molecule has 0 unspecified atom stereocenters. The summed E-state index contributed by atoms with van der Waals surface area (Å²) in [7, 11) is 3.76. The molecule has 2 aromatic carbocycles. The molecule has 0 aliphatic rings. The minimum Gasteiger partial charge on any atom is -0.384 e. The van der Waals surface area contributed by atoms with Gasteiger partial charge in [0.25, 0.3) is 5.91 Å². The molecule has 1 amide bonds. The number of hydrogen-bond acceptors (Lipinski definition) is 3. The fourth-order valence-electron chi connectivity index (χ4n) is 2.67. The van der Waals surface area contributed by atoms with Crippen molar-refractivity contribution in [3.63, 3.8) is 0 Å². The zero-order valence-electron chi connectivity index (χ0n) is 17.6. The number of anilines is 1. The van der Waals surface area contributed by atoms with E-state index in [1.807, 2.05) is 82.2 Å². The van der Waals surface area contributed by atoms with Crippen LogP contribution in [-0.4, -0.2) is 43.3 Å². The number of amides is 1. The lowest BCUT2D eigenvalue weighted by molar-refractivity contribution is 0.0754.